The topological polar surface area (TPSA) is 120 Å². The summed E-state index contributed by atoms with van der Waals surface area (Å²) >= 11 is 0. The highest BCUT2D eigenvalue weighted by molar-refractivity contribution is 7.90. The Hall–Kier alpha value is -4.05. The van der Waals surface area contributed by atoms with Gasteiger partial charge in [0.1, 0.15) is 10.4 Å². The van der Waals surface area contributed by atoms with Gasteiger partial charge in [-0.3, -0.25) is 4.79 Å². The number of amides is 1. The van der Waals surface area contributed by atoms with Crippen LogP contribution in [-0.4, -0.2) is 39.9 Å². The first kappa shape index (κ1) is 20.5. The molecule has 6 rings (SSSR count). The fourth-order valence-corrected chi connectivity index (χ4v) is 5.44. The molecule has 34 heavy (non-hydrogen) atoms. The minimum Gasteiger partial charge on any atom is -0.349 e. The van der Waals surface area contributed by atoms with E-state index in [1.165, 1.54) is 12.3 Å². The molecule has 1 N–H and O–H groups in total. The molecule has 0 spiro atoms. The van der Waals surface area contributed by atoms with Gasteiger partial charge in [-0.2, -0.15) is 17.6 Å². The molecular formula is C24H19N5O4S. The van der Waals surface area contributed by atoms with Crippen molar-refractivity contribution >= 4 is 37.9 Å². The number of aromatic nitrogens is 4. The van der Waals surface area contributed by atoms with E-state index in [9.17, 15) is 13.2 Å². The molecule has 9 nitrogen and oxygen atoms in total. The molecule has 0 atom stereocenters. The lowest BCUT2D eigenvalue weighted by atomic mass is 9.97. The van der Waals surface area contributed by atoms with E-state index in [1.807, 2.05) is 37.3 Å². The smallest absolute Gasteiger partial charge is 0.285 e. The third-order valence-corrected chi connectivity index (χ3v) is 7.64. The van der Waals surface area contributed by atoms with Crippen LogP contribution in [0.1, 0.15) is 28.8 Å². The van der Waals surface area contributed by atoms with Gasteiger partial charge >= 0.3 is 0 Å². The zero-order valence-electron chi connectivity index (χ0n) is 18.1. The van der Waals surface area contributed by atoms with Crippen LogP contribution in [0.2, 0.25) is 0 Å². The Balaban J connectivity index is 1.41. The number of carbonyl (C=O) groups excluding carboxylic acids is 1. The number of benzene rings is 3. The fourth-order valence-electron chi connectivity index (χ4n) is 4.02. The zero-order valence-corrected chi connectivity index (χ0v) is 18.9. The van der Waals surface area contributed by atoms with Gasteiger partial charge in [-0.05, 0) is 83.2 Å². The second kappa shape index (κ2) is 7.49. The summed E-state index contributed by atoms with van der Waals surface area (Å²) in [7, 11) is -4.04. The lowest BCUT2D eigenvalue weighted by Gasteiger charge is -2.10. The Labute approximate surface area is 194 Å². The van der Waals surface area contributed by atoms with E-state index in [0.29, 0.717) is 22.0 Å². The van der Waals surface area contributed by atoms with E-state index in [-0.39, 0.29) is 22.4 Å². The monoisotopic (exact) mass is 473 g/mol. The van der Waals surface area contributed by atoms with Gasteiger partial charge in [-0.1, -0.05) is 18.2 Å². The van der Waals surface area contributed by atoms with Crippen molar-refractivity contribution in [2.45, 2.75) is 30.7 Å². The summed E-state index contributed by atoms with van der Waals surface area (Å²) in [5, 5.41) is 15.3. The number of rotatable bonds is 5. The number of fused-ring (bicyclic) bond motifs is 2. The maximum Gasteiger partial charge on any atom is 0.285 e. The molecule has 1 amide bonds. The molecule has 0 bridgehead atoms. The first-order valence-corrected chi connectivity index (χ1v) is 12.2. The predicted molar refractivity (Wildman–Crippen MR) is 125 cm³/mol. The van der Waals surface area contributed by atoms with Crippen molar-refractivity contribution in [2.75, 3.05) is 0 Å². The molecular weight excluding hydrogens is 454 g/mol. The van der Waals surface area contributed by atoms with Crippen LogP contribution in [0, 0.1) is 6.92 Å². The van der Waals surface area contributed by atoms with E-state index < -0.39 is 10.0 Å². The van der Waals surface area contributed by atoms with E-state index in [2.05, 4.69) is 20.7 Å². The highest BCUT2D eigenvalue weighted by Gasteiger charge is 2.26. The molecule has 2 heterocycles. The van der Waals surface area contributed by atoms with Crippen molar-refractivity contribution in [2.24, 2.45) is 0 Å². The zero-order chi connectivity index (χ0) is 23.4. The number of carbonyl (C=O) groups is 1. The number of hydrogen-bond donors (Lipinski definition) is 1. The fraction of sp³-hybridized carbons (Fsp3) is 0.167. The van der Waals surface area contributed by atoms with Crippen LogP contribution in [-0.2, 0) is 10.0 Å². The Morgan fingerprint density at radius 3 is 2.76 bits per heavy atom. The van der Waals surface area contributed by atoms with E-state index in [0.717, 1.165) is 33.6 Å². The summed E-state index contributed by atoms with van der Waals surface area (Å²) in [6.45, 7) is 1.97. The number of hydrogen-bond acceptors (Lipinski definition) is 7. The molecule has 10 heteroatoms. The molecule has 1 fully saturated rings. The molecule has 2 aromatic heterocycles. The van der Waals surface area contributed by atoms with Gasteiger partial charge in [0.15, 0.2) is 5.52 Å². The lowest BCUT2D eigenvalue weighted by molar-refractivity contribution is 0.0951. The largest absolute Gasteiger partial charge is 0.349 e. The molecule has 0 aliphatic heterocycles. The molecule has 1 saturated carbocycles. The van der Waals surface area contributed by atoms with Crippen molar-refractivity contribution in [3.05, 3.63) is 71.9 Å². The molecule has 1 aliphatic rings. The highest BCUT2D eigenvalue weighted by atomic mass is 32.2. The van der Waals surface area contributed by atoms with Crippen LogP contribution < -0.4 is 5.32 Å². The SMILES string of the molecule is Cc1ccc(C(=O)NC2CC2)cc1-c1ccc2c(cnn2S(=O)(=O)c2cccc3nonc23)c1. The van der Waals surface area contributed by atoms with Crippen molar-refractivity contribution < 1.29 is 17.8 Å². The molecule has 1 aliphatic carbocycles. The molecule has 0 saturated heterocycles. The van der Waals surface area contributed by atoms with Gasteiger partial charge in [0, 0.05) is 17.0 Å². The summed E-state index contributed by atoms with van der Waals surface area (Å²) in [5.74, 6) is -0.0831. The predicted octanol–water partition coefficient (Wildman–Crippen LogP) is 3.68. The van der Waals surface area contributed by atoms with Gasteiger partial charge in [0.2, 0.25) is 0 Å². The maximum atomic E-state index is 13.4. The Morgan fingerprint density at radius 2 is 1.94 bits per heavy atom. The van der Waals surface area contributed by atoms with E-state index >= 15 is 0 Å². The Morgan fingerprint density at radius 1 is 1.09 bits per heavy atom. The minimum absolute atomic E-state index is 0.0365. The first-order chi connectivity index (χ1) is 16.4. The second-order valence-corrected chi connectivity index (χ2v) is 10.2. The molecule has 0 unspecified atom stereocenters. The lowest BCUT2D eigenvalue weighted by Crippen LogP contribution is -2.25. The maximum absolute atomic E-state index is 13.4. The molecule has 5 aromatic rings. The molecule has 3 aromatic carbocycles. The minimum atomic E-state index is -4.04. The van der Waals surface area contributed by atoms with Gasteiger partial charge in [0.25, 0.3) is 15.9 Å². The van der Waals surface area contributed by atoms with Crippen molar-refractivity contribution in [3.8, 4) is 11.1 Å². The molecule has 170 valence electrons. The van der Waals surface area contributed by atoms with Crippen LogP contribution in [0.5, 0.6) is 0 Å². The third-order valence-electron chi connectivity index (χ3n) is 6.01. The van der Waals surface area contributed by atoms with Gasteiger partial charge < -0.3 is 5.32 Å². The summed E-state index contributed by atoms with van der Waals surface area (Å²) in [5.41, 5.74) is 4.30. The van der Waals surface area contributed by atoms with Crippen LogP contribution in [0.4, 0.5) is 0 Å². The van der Waals surface area contributed by atoms with E-state index in [1.54, 1.807) is 18.2 Å². The first-order valence-electron chi connectivity index (χ1n) is 10.8. The number of aryl methyl sites for hydroxylation is 1. The summed E-state index contributed by atoms with van der Waals surface area (Å²) in [6.07, 6.45) is 3.56. The second-order valence-electron chi connectivity index (χ2n) is 8.43. The van der Waals surface area contributed by atoms with Crippen molar-refractivity contribution in [3.63, 3.8) is 0 Å². The van der Waals surface area contributed by atoms with Gasteiger partial charge in [0.05, 0.1) is 11.7 Å². The summed E-state index contributed by atoms with van der Waals surface area (Å²) in [4.78, 5) is 12.5. The average Bonchev–Trinajstić information content (AvgIpc) is 3.33. The van der Waals surface area contributed by atoms with Gasteiger partial charge in [-0.15, -0.1) is 0 Å². The van der Waals surface area contributed by atoms with Crippen LogP contribution in [0.15, 0.2) is 70.3 Å². The average molecular weight is 474 g/mol. The number of nitrogens with zero attached hydrogens (tertiary/aromatic N) is 4. The van der Waals surface area contributed by atoms with Gasteiger partial charge in [-0.25, -0.2) is 4.63 Å². The summed E-state index contributed by atoms with van der Waals surface area (Å²) < 4.78 is 32.5. The standard InChI is InChI=1S/C24H19N5O4S/c1-14-5-6-16(24(30)26-18-8-9-18)12-19(14)15-7-10-21-17(11-15)13-25-29(21)34(31,32)22-4-2-3-20-23(22)28-33-27-20/h2-7,10-13,18H,8-9H2,1H3,(H,26,30). The van der Waals surface area contributed by atoms with Crippen LogP contribution in [0.25, 0.3) is 33.1 Å². The Bertz CT molecular complexity index is 1700. The highest BCUT2D eigenvalue weighted by Crippen LogP contribution is 2.30. The normalized spacial score (nSPS) is 14.0. The number of nitrogens with one attached hydrogen (secondary N) is 1. The molecule has 0 radical (unpaired) electrons. The van der Waals surface area contributed by atoms with Crippen LogP contribution >= 0.6 is 0 Å². The van der Waals surface area contributed by atoms with Crippen molar-refractivity contribution in [1.82, 2.24) is 24.8 Å². The van der Waals surface area contributed by atoms with Crippen molar-refractivity contribution in [1.29, 1.82) is 0 Å². The third kappa shape index (κ3) is 3.34. The van der Waals surface area contributed by atoms with E-state index in [4.69, 9.17) is 4.63 Å². The quantitative estimate of drug-likeness (QED) is 0.413. The van der Waals surface area contributed by atoms with Crippen LogP contribution in [0.3, 0.4) is 0 Å². The Kier molecular flexibility index (Phi) is 4.53. The summed E-state index contributed by atoms with van der Waals surface area (Å²) in [6, 6.07) is 16.0.